The van der Waals surface area contributed by atoms with Gasteiger partial charge in [-0.15, -0.1) is 5.10 Å². The van der Waals surface area contributed by atoms with Crippen LogP contribution in [0.25, 0.3) is 0 Å². The molecule has 1 aromatic carbocycles. The van der Waals surface area contributed by atoms with E-state index >= 15 is 0 Å². The Kier molecular flexibility index (Phi) is 2.92. The predicted molar refractivity (Wildman–Crippen MR) is 59.2 cm³/mol. The zero-order chi connectivity index (χ0) is 12.4. The number of hydrogen-bond acceptors (Lipinski definition) is 5. The average Bonchev–Trinajstić information content (AvgIpc) is 2.63. The van der Waals surface area contributed by atoms with Gasteiger partial charge in [0.15, 0.2) is 0 Å². The Morgan fingerprint density at radius 1 is 1.53 bits per heavy atom. The van der Waals surface area contributed by atoms with Crippen molar-refractivity contribution >= 4 is 17.3 Å². The minimum absolute atomic E-state index is 0.00318. The maximum atomic E-state index is 10.8. The van der Waals surface area contributed by atoms with Gasteiger partial charge in [0.1, 0.15) is 11.3 Å². The van der Waals surface area contributed by atoms with Crippen LogP contribution in [-0.2, 0) is 7.05 Å². The first-order valence-corrected chi connectivity index (χ1v) is 4.92. The molecule has 0 N–H and O–H groups in total. The van der Waals surface area contributed by atoms with Crippen LogP contribution in [0, 0.1) is 10.1 Å². The van der Waals surface area contributed by atoms with E-state index in [0.29, 0.717) is 0 Å². The molecule has 2 aromatic rings. The highest BCUT2D eigenvalue weighted by molar-refractivity contribution is 6.32. The van der Waals surface area contributed by atoms with Gasteiger partial charge >= 0.3 is 11.7 Å². The van der Waals surface area contributed by atoms with Gasteiger partial charge in [-0.05, 0) is 12.1 Å². The summed E-state index contributed by atoms with van der Waals surface area (Å²) in [5, 5.41) is 14.7. The van der Waals surface area contributed by atoms with E-state index in [9.17, 15) is 10.1 Å². The first-order chi connectivity index (χ1) is 8.08. The molecule has 88 valence electrons. The summed E-state index contributed by atoms with van der Waals surface area (Å²) in [6.07, 6.45) is 1.42. The molecular weight excluding hydrogens is 248 g/mol. The molecule has 0 amide bonds. The van der Waals surface area contributed by atoms with Gasteiger partial charge in [-0.25, -0.2) is 0 Å². The summed E-state index contributed by atoms with van der Waals surface area (Å²) >= 11 is 5.73. The van der Waals surface area contributed by atoms with Crippen LogP contribution < -0.4 is 4.74 Å². The molecule has 0 spiro atoms. The molecule has 7 nitrogen and oxygen atoms in total. The number of para-hydroxylation sites is 1. The van der Waals surface area contributed by atoms with Gasteiger partial charge in [0.25, 0.3) is 0 Å². The molecule has 0 saturated carbocycles. The van der Waals surface area contributed by atoms with Crippen molar-refractivity contribution in [2.45, 2.75) is 0 Å². The fourth-order valence-electron chi connectivity index (χ4n) is 1.22. The summed E-state index contributed by atoms with van der Waals surface area (Å²) < 4.78 is 6.63. The van der Waals surface area contributed by atoms with Crippen molar-refractivity contribution in [2.24, 2.45) is 7.05 Å². The summed E-state index contributed by atoms with van der Waals surface area (Å²) in [5.41, 5.74) is -0.304. The number of rotatable bonds is 3. The largest absolute Gasteiger partial charge is 0.416 e. The van der Waals surface area contributed by atoms with Crippen molar-refractivity contribution in [3.63, 3.8) is 0 Å². The van der Waals surface area contributed by atoms with Gasteiger partial charge in [-0.2, -0.15) is 4.98 Å². The van der Waals surface area contributed by atoms with Crippen molar-refractivity contribution in [3.8, 4) is 11.8 Å². The molecular formula is C9H7ClN4O3. The second-order valence-electron chi connectivity index (χ2n) is 3.15. The average molecular weight is 255 g/mol. The molecule has 1 heterocycles. The fourth-order valence-corrected chi connectivity index (χ4v) is 1.45. The normalized spacial score (nSPS) is 10.2. The smallest absolute Gasteiger partial charge is 0.341 e. The number of nitrogens with zero attached hydrogens (tertiary/aromatic N) is 4. The van der Waals surface area contributed by atoms with E-state index in [-0.39, 0.29) is 22.5 Å². The second kappa shape index (κ2) is 4.38. The number of aromatic nitrogens is 3. The molecule has 0 saturated heterocycles. The van der Waals surface area contributed by atoms with E-state index in [4.69, 9.17) is 16.3 Å². The van der Waals surface area contributed by atoms with E-state index in [2.05, 4.69) is 10.1 Å². The standard InChI is InChI=1S/C9H7ClN4O3/c1-13-5-11-9(12-13)17-7-4-2-3-6(10)8(7)14(15)16/h2-5H,1H3. The summed E-state index contributed by atoms with van der Waals surface area (Å²) in [6, 6.07) is 4.42. The predicted octanol–water partition coefficient (Wildman–Crippen LogP) is 2.17. The lowest BCUT2D eigenvalue weighted by molar-refractivity contribution is -0.385. The minimum atomic E-state index is -0.611. The lowest BCUT2D eigenvalue weighted by Gasteiger charge is -2.02. The maximum Gasteiger partial charge on any atom is 0.341 e. The van der Waals surface area contributed by atoms with Gasteiger partial charge in [0.2, 0.25) is 5.75 Å². The van der Waals surface area contributed by atoms with Gasteiger partial charge in [-0.3, -0.25) is 14.8 Å². The van der Waals surface area contributed by atoms with Gasteiger partial charge in [0.05, 0.1) is 4.92 Å². The van der Waals surface area contributed by atoms with E-state index in [1.165, 1.54) is 23.1 Å². The van der Waals surface area contributed by atoms with Crippen LogP contribution in [0.2, 0.25) is 5.02 Å². The maximum absolute atomic E-state index is 10.8. The van der Waals surface area contributed by atoms with Crippen LogP contribution in [0.15, 0.2) is 24.5 Å². The molecule has 0 radical (unpaired) electrons. The number of hydrogen-bond donors (Lipinski definition) is 0. The molecule has 2 rings (SSSR count). The molecule has 8 heteroatoms. The Bertz CT molecular complexity index is 569. The number of nitro groups is 1. The first kappa shape index (κ1) is 11.3. The van der Waals surface area contributed by atoms with Crippen molar-refractivity contribution < 1.29 is 9.66 Å². The SMILES string of the molecule is Cn1cnc(Oc2cccc(Cl)c2[N+](=O)[O-])n1. The zero-order valence-electron chi connectivity index (χ0n) is 8.70. The molecule has 0 bridgehead atoms. The van der Waals surface area contributed by atoms with E-state index < -0.39 is 4.92 Å². The highest BCUT2D eigenvalue weighted by Crippen LogP contribution is 2.35. The third-order valence-corrected chi connectivity index (χ3v) is 2.22. The van der Waals surface area contributed by atoms with Crippen LogP contribution in [0.3, 0.4) is 0 Å². The van der Waals surface area contributed by atoms with Crippen molar-refractivity contribution in [1.29, 1.82) is 0 Å². The molecule has 0 aliphatic heterocycles. The van der Waals surface area contributed by atoms with Crippen LogP contribution in [-0.4, -0.2) is 19.7 Å². The van der Waals surface area contributed by atoms with E-state index in [0.717, 1.165) is 0 Å². The molecule has 1 aromatic heterocycles. The number of ether oxygens (including phenoxy) is 1. The quantitative estimate of drug-likeness (QED) is 0.619. The highest BCUT2D eigenvalue weighted by Gasteiger charge is 2.21. The highest BCUT2D eigenvalue weighted by atomic mass is 35.5. The van der Waals surface area contributed by atoms with Gasteiger partial charge < -0.3 is 4.74 Å². The second-order valence-corrected chi connectivity index (χ2v) is 3.55. The molecule has 0 aliphatic rings. The molecule has 0 aliphatic carbocycles. The third-order valence-electron chi connectivity index (χ3n) is 1.91. The molecule has 0 atom stereocenters. The van der Waals surface area contributed by atoms with Crippen LogP contribution >= 0.6 is 11.6 Å². The zero-order valence-corrected chi connectivity index (χ0v) is 9.46. The summed E-state index contributed by atoms with van der Waals surface area (Å²) in [5.74, 6) is 0.00806. The topological polar surface area (TPSA) is 83.1 Å². The number of aryl methyl sites for hydroxylation is 1. The van der Waals surface area contributed by atoms with E-state index in [1.807, 2.05) is 0 Å². The lowest BCUT2D eigenvalue weighted by Crippen LogP contribution is -1.95. The van der Waals surface area contributed by atoms with Crippen LogP contribution in [0.4, 0.5) is 5.69 Å². The Labute approximate surface area is 101 Å². The van der Waals surface area contributed by atoms with E-state index in [1.54, 1.807) is 13.1 Å². The van der Waals surface area contributed by atoms with Gasteiger partial charge in [-0.1, -0.05) is 17.7 Å². The number of nitro benzene ring substituents is 1. The summed E-state index contributed by atoms with van der Waals surface area (Å²) in [6.45, 7) is 0. The molecule has 0 unspecified atom stereocenters. The monoisotopic (exact) mass is 254 g/mol. The first-order valence-electron chi connectivity index (χ1n) is 4.54. The van der Waals surface area contributed by atoms with Gasteiger partial charge in [0, 0.05) is 7.05 Å². The Balaban J connectivity index is 2.39. The number of halogens is 1. The lowest BCUT2D eigenvalue weighted by atomic mass is 10.3. The molecule has 17 heavy (non-hydrogen) atoms. The number of benzene rings is 1. The van der Waals surface area contributed by atoms with Crippen LogP contribution in [0.1, 0.15) is 0 Å². The van der Waals surface area contributed by atoms with Crippen molar-refractivity contribution in [3.05, 3.63) is 39.7 Å². The summed E-state index contributed by atoms with van der Waals surface area (Å²) in [4.78, 5) is 14.0. The van der Waals surface area contributed by atoms with Crippen LogP contribution in [0.5, 0.6) is 11.8 Å². The Morgan fingerprint density at radius 2 is 2.29 bits per heavy atom. The third kappa shape index (κ3) is 2.34. The molecule has 0 fully saturated rings. The summed E-state index contributed by atoms with van der Waals surface area (Å²) in [7, 11) is 1.66. The minimum Gasteiger partial charge on any atom is -0.416 e. The van der Waals surface area contributed by atoms with Crippen molar-refractivity contribution in [2.75, 3.05) is 0 Å². The van der Waals surface area contributed by atoms with Crippen molar-refractivity contribution in [1.82, 2.24) is 14.8 Å². The Hall–Kier alpha value is -2.15. The fraction of sp³-hybridized carbons (Fsp3) is 0.111. The Morgan fingerprint density at radius 3 is 2.88 bits per heavy atom.